The van der Waals surface area contributed by atoms with Gasteiger partial charge in [0.1, 0.15) is 5.75 Å². The number of hydrogen-bond acceptors (Lipinski definition) is 2. The lowest BCUT2D eigenvalue weighted by molar-refractivity contribution is -0.0597. The van der Waals surface area contributed by atoms with Crippen molar-refractivity contribution in [2.24, 2.45) is 5.92 Å². The third-order valence-corrected chi connectivity index (χ3v) is 3.57. The Morgan fingerprint density at radius 2 is 2.06 bits per heavy atom. The van der Waals surface area contributed by atoms with Gasteiger partial charge < -0.3 is 10.1 Å². The van der Waals surface area contributed by atoms with Crippen LogP contribution in [0.4, 0.5) is 8.78 Å². The number of rotatable bonds is 3. The minimum atomic E-state index is -2.84. The smallest absolute Gasteiger partial charge is 0.281 e. The summed E-state index contributed by atoms with van der Waals surface area (Å²) in [5.74, 6) is -3.19. The van der Waals surface area contributed by atoms with Gasteiger partial charge in [-0.2, -0.15) is 0 Å². The Hall–Kier alpha value is -1.16. The van der Waals surface area contributed by atoms with E-state index >= 15 is 0 Å². The zero-order valence-electron chi connectivity index (χ0n) is 11.0. The standard InChI is InChI=1S/C14H19F2NO/c1-9-6-10(2)13(12(7-9)18-3)14(15,16)11-4-5-17-8-11/h6-7,11,17H,4-5,8H2,1-3H3. The van der Waals surface area contributed by atoms with Gasteiger partial charge in [-0.25, -0.2) is 8.78 Å². The monoisotopic (exact) mass is 255 g/mol. The third-order valence-electron chi connectivity index (χ3n) is 3.57. The second-order valence-corrected chi connectivity index (χ2v) is 4.97. The summed E-state index contributed by atoms with van der Waals surface area (Å²) < 4.78 is 34.3. The Kier molecular flexibility index (Phi) is 3.57. The first-order valence-corrected chi connectivity index (χ1v) is 6.21. The van der Waals surface area contributed by atoms with E-state index < -0.39 is 11.8 Å². The molecule has 2 rings (SSSR count). The number of aryl methyl sites for hydroxylation is 2. The molecule has 18 heavy (non-hydrogen) atoms. The Labute approximate surface area is 106 Å². The van der Waals surface area contributed by atoms with Gasteiger partial charge in [-0.05, 0) is 44.0 Å². The van der Waals surface area contributed by atoms with E-state index in [9.17, 15) is 8.78 Å². The maximum atomic E-state index is 14.6. The Morgan fingerprint density at radius 1 is 1.33 bits per heavy atom. The van der Waals surface area contributed by atoms with Crippen molar-refractivity contribution in [1.29, 1.82) is 0 Å². The Balaban J connectivity index is 2.48. The zero-order chi connectivity index (χ0) is 13.3. The topological polar surface area (TPSA) is 21.3 Å². The third kappa shape index (κ3) is 2.21. The number of hydrogen-bond donors (Lipinski definition) is 1. The van der Waals surface area contributed by atoms with Crippen LogP contribution in [0.1, 0.15) is 23.1 Å². The predicted molar refractivity (Wildman–Crippen MR) is 67.3 cm³/mol. The number of ether oxygens (including phenoxy) is 1. The van der Waals surface area contributed by atoms with E-state index in [-0.39, 0.29) is 5.56 Å². The molecule has 1 aliphatic heterocycles. The summed E-state index contributed by atoms with van der Waals surface area (Å²) >= 11 is 0. The average Bonchev–Trinajstić information content (AvgIpc) is 2.81. The fourth-order valence-corrected chi connectivity index (χ4v) is 2.68. The van der Waals surface area contributed by atoms with Crippen LogP contribution < -0.4 is 10.1 Å². The highest BCUT2D eigenvalue weighted by Crippen LogP contribution is 2.45. The van der Waals surface area contributed by atoms with Gasteiger partial charge in [0.25, 0.3) is 5.92 Å². The van der Waals surface area contributed by atoms with Crippen molar-refractivity contribution in [3.05, 3.63) is 28.8 Å². The number of alkyl halides is 2. The number of nitrogens with one attached hydrogen (secondary N) is 1. The molecule has 1 aliphatic rings. The van der Waals surface area contributed by atoms with Crippen molar-refractivity contribution < 1.29 is 13.5 Å². The summed E-state index contributed by atoms with van der Waals surface area (Å²) in [5.41, 5.74) is 1.58. The van der Waals surface area contributed by atoms with E-state index in [1.165, 1.54) is 7.11 Å². The molecule has 1 N–H and O–H groups in total. The van der Waals surface area contributed by atoms with Crippen LogP contribution in [0.2, 0.25) is 0 Å². The van der Waals surface area contributed by atoms with Crippen LogP contribution in [0.3, 0.4) is 0 Å². The summed E-state index contributed by atoms with van der Waals surface area (Å²) in [5, 5.41) is 3.00. The second-order valence-electron chi connectivity index (χ2n) is 4.97. The van der Waals surface area contributed by atoms with E-state index in [4.69, 9.17) is 4.74 Å². The molecule has 1 fully saturated rings. The summed E-state index contributed by atoms with van der Waals surface area (Å²) in [6, 6.07) is 3.47. The van der Waals surface area contributed by atoms with Crippen molar-refractivity contribution in [1.82, 2.24) is 5.32 Å². The molecule has 0 radical (unpaired) electrons. The van der Waals surface area contributed by atoms with Crippen LogP contribution in [0.25, 0.3) is 0 Å². The van der Waals surface area contributed by atoms with E-state index in [1.807, 2.05) is 6.92 Å². The molecule has 100 valence electrons. The van der Waals surface area contributed by atoms with Crippen molar-refractivity contribution in [2.45, 2.75) is 26.2 Å². The Bertz CT molecular complexity index is 440. The van der Waals surface area contributed by atoms with Gasteiger partial charge in [0.05, 0.1) is 12.7 Å². The molecule has 1 heterocycles. The van der Waals surface area contributed by atoms with E-state index in [0.717, 1.165) is 5.56 Å². The van der Waals surface area contributed by atoms with Crippen LogP contribution in [0.5, 0.6) is 5.75 Å². The van der Waals surface area contributed by atoms with Crippen molar-refractivity contribution in [2.75, 3.05) is 20.2 Å². The van der Waals surface area contributed by atoms with E-state index in [0.29, 0.717) is 30.8 Å². The number of halogens is 2. The lowest BCUT2D eigenvalue weighted by Gasteiger charge is -2.26. The summed E-state index contributed by atoms with van der Waals surface area (Å²) in [6.07, 6.45) is 0.503. The molecule has 0 spiro atoms. The van der Waals surface area contributed by atoms with E-state index in [2.05, 4.69) is 5.32 Å². The van der Waals surface area contributed by atoms with Crippen LogP contribution >= 0.6 is 0 Å². The van der Waals surface area contributed by atoms with Gasteiger partial charge >= 0.3 is 0 Å². The summed E-state index contributed by atoms with van der Waals surface area (Å²) in [4.78, 5) is 0. The molecule has 1 saturated heterocycles. The van der Waals surface area contributed by atoms with Gasteiger partial charge in [0.2, 0.25) is 0 Å². The quantitative estimate of drug-likeness (QED) is 0.896. The SMILES string of the molecule is COc1cc(C)cc(C)c1C(F)(F)C1CCNC1. The van der Waals surface area contributed by atoms with Gasteiger partial charge in [0, 0.05) is 12.5 Å². The van der Waals surface area contributed by atoms with Crippen LogP contribution in [0.15, 0.2) is 12.1 Å². The number of methoxy groups -OCH3 is 1. The molecule has 0 aliphatic carbocycles. The lowest BCUT2D eigenvalue weighted by Crippen LogP contribution is -2.29. The maximum Gasteiger partial charge on any atom is 0.281 e. The highest BCUT2D eigenvalue weighted by Gasteiger charge is 2.45. The fourth-order valence-electron chi connectivity index (χ4n) is 2.68. The lowest BCUT2D eigenvalue weighted by atomic mass is 9.89. The second kappa shape index (κ2) is 4.84. The van der Waals surface area contributed by atoms with Crippen LogP contribution in [-0.2, 0) is 5.92 Å². The Morgan fingerprint density at radius 3 is 2.61 bits per heavy atom. The molecule has 0 bridgehead atoms. The molecule has 1 aromatic carbocycles. The molecular weight excluding hydrogens is 236 g/mol. The first kappa shape index (κ1) is 13.3. The fraction of sp³-hybridized carbons (Fsp3) is 0.571. The van der Waals surface area contributed by atoms with Gasteiger partial charge in [0.15, 0.2) is 0 Å². The van der Waals surface area contributed by atoms with Crippen molar-refractivity contribution in [3.63, 3.8) is 0 Å². The summed E-state index contributed by atoms with van der Waals surface area (Å²) in [6.45, 7) is 4.63. The highest BCUT2D eigenvalue weighted by molar-refractivity contribution is 5.46. The molecular formula is C14H19F2NO. The molecule has 1 unspecified atom stereocenters. The minimum Gasteiger partial charge on any atom is -0.496 e. The zero-order valence-corrected chi connectivity index (χ0v) is 11.0. The molecule has 2 nitrogen and oxygen atoms in total. The predicted octanol–water partition coefficient (Wildman–Crippen LogP) is 3.01. The molecule has 1 atom stereocenters. The van der Waals surface area contributed by atoms with Gasteiger partial charge in [-0.15, -0.1) is 0 Å². The normalized spacial score (nSPS) is 20.2. The molecule has 0 aromatic heterocycles. The highest BCUT2D eigenvalue weighted by atomic mass is 19.3. The van der Waals surface area contributed by atoms with Crippen molar-refractivity contribution in [3.8, 4) is 5.75 Å². The maximum absolute atomic E-state index is 14.6. The molecule has 0 saturated carbocycles. The molecule has 0 amide bonds. The van der Waals surface area contributed by atoms with E-state index in [1.54, 1.807) is 19.1 Å². The first-order chi connectivity index (χ1) is 8.46. The van der Waals surface area contributed by atoms with Gasteiger partial charge in [-0.3, -0.25) is 0 Å². The van der Waals surface area contributed by atoms with Crippen molar-refractivity contribution >= 4 is 0 Å². The first-order valence-electron chi connectivity index (χ1n) is 6.21. The number of benzene rings is 1. The average molecular weight is 255 g/mol. The largest absolute Gasteiger partial charge is 0.496 e. The molecule has 4 heteroatoms. The minimum absolute atomic E-state index is 0.0456. The van der Waals surface area contributed by atoms with Crippen LogP contribution in [-0.4, -0.2) is 20.2 Å². The van der Waals surface area contributed by atoms with Crippen LogP contribution in [0, 0.1) is 19.8 Å². The molecule has 1 aromatic rings. The van der Waals surface area contributed by atoms with Gasteiger partial charge in [-0.1, -0.05) is 6.07 Å². The summed E-state index contributed by atoms with van der Waals surface area (Å²) in [7, 11) is 1.45.